The molecular formula is C15H21NO2. The zero-order chi connectivity index (χ0) is 13.0. The van der Waals surface area contributed by atoms with Gasteiger partial charge in [0.2, 0.25) is 0 Å². The maximum Gasteiger partial charge on any atom is 0.337 e. The van der Waals surface area contributed by atoms with E-state index in [0.717, 1.165) is 37.2 Å². The van der Waals surface area contributed by atoms with Crippen LogP contribution in [0.2, 0.25) is 0 Å². The number of carboxylic acids is 1. The van der Waals surface area contributed by atoms with Gasteiger partial charge in [0.05, 0.1) is 11.3 Å². The van der Waals surface area contributed by atoms with Crippen molar-refractivity contribution >= 4 is 11.7 Å². The molecule has 3 heteroatoms. The molecule has 1 N–H and O–H groups in total. The largest absolute Gasteiger partial charge is 0.478 e. The van der Waals surface area contributed by atoms with Crippen molar-refractivity contribution in [1.82, 2.24) is 0 Å². The lowest BCUT2D eigenvalue weighted by Crippen LogP contribution is -2.29. The molecule has 1 aromatic carbocycles. The number of carboxylic acid groups (broad SMARTS) is 1. The Bertz CT molecular complexity index is 421. The monoisotopic (exact) mass is 247 g/mol. The topological polar surface area (TPSA) is 40.5 Å². The van der Waals surface area contributed by atoms with Crippen LogP contribution in [-0.4, -0.2) is 24.2 Å². The molecule has 1 saturated heterocycles. The summed E-state index contributed by atoms with van der Waals surface area (Å²) in [5, 5.41) is 9.32. The molecular weight excluding hydrogens is 226 g/mol. The van der Waals surface area contributed by atoms with Gasteiger partial charge in [-0.2, -0.15) is 0 Å². The van der Waals surface area contributed by atoms with Gasteiger partial charge < -0.3 is 10.0 Å². The molecule has 3 nitrogen and oxygen atoms in total. The van der Waals surface area contributed by atoms with Gasteiger partial charge in [-0.05, 0) is 31.4 Å². The Morgan fingerprint density at radius 2 is 1.72 bits per heavy atom. The quantitative estimate of drug-likeness (QED) is 0.870. The smallest absolute Gasteiger partial charge is 0.337 e. The van der Waals surface area contributed by atoms with Crippen molar-refractivity contribution in [2.24, 2.45) is 0 Å². The molecule has 0 spiro atoms. The predicted octanol–water partition coefficient (Wildman–Crippen LogP) is 3.46. The number of carbonyl (C=O) groups is 1. The number of hydrogen-bond donors (Lipinski definition) is 1. The minimum Gasteiger partial charge on any atom is -0.478 e. The third-order valence-electron chi connectivity index (χ3n) is 3.64. The van der Waals surface area contributed by atoms with Gasteiger partial charge in [-0.3, -0.25) is 0 Å². The van der Waals surface area contributed by atoms with E-state index in [-0.39, 0.29) is 0 Å². The molecule has 1 heterocycles. The van der Waals surface area contributed by atoms with Gasteiger partial charge in [-0.1, -0.05) is 31.4 Å². The molecule has 18 heavy (non-hydrogen) atoms. The molecule has 0 atom stereocenters. The Kier molecular flexibility index (Phi) is 4.24. The van der Waals surface area contributed by atoms with Crippen LogP contribution in [-0.2, 0) is 0 Å². The normalized spacial score (nSPS) is 17.1. The molecule has 1 aliphatic rings. The number of hydrogen-bond acceptors (Lipinski definition) is 2. The van der Waals surface area contributed by atoms with Crippen molar-refractivity contribution in [2.75, 3.05) is 18.0 Å². The summed E-state index contributed by atoms with van der Waals surface area (Å²) in [6, 6.07) is 5.54. The summed E-state index contributed by atoms with van der Waals surface area (Å²) in [4.78, 5) is 13.6. The van der Waals surface area contributed by atoms with Gasteiger partial charge in [0.15, 0.2) is 0 Å². The number of aromatic carboxylic acids is 1. The second kappa shape index (κ2) is 5.89. The van der Waals surface area contributed by atoms with Crippen molar-refractivity contribution < 1.29 is 9.90 Å². The number of anilines is 1. The molecule has 0 unspecified atom stereocenters. The number of aryl methyl sites for hydroxylation is 1. The minimum atomic E-state index is -0.823. The molecule has 1 aliphatic heterocycles. The van der Waals surface area contributed by atoms with E-state index in [9.17, 15) is 9.90 Å². The van der Waals surface area contributed by atoms with Gasteiger partial charge >= 0.3 is 5.97 Å². The number of para-hydroxylation sites is 1. The third kappa shape index (κ3) is 2.84. The van der Waals surface area contributed by atoms with Crippen molar-refractivity contribution in [1.29, 1.82) is 0 Å². The zero-order valence-corrected chi connectivity index (χ0v) is 11.0. The summed E-state index contributed by atoms with van der Waals surface area (Å²) < 4.78 is 0. The van der Waals surface area contributed by atoms with Crippen LogP contribution in [0.1, 0.15) is 48.0 Å². The predicted molar refractivity (Wildman–Crippen MR) is 73.4 cm³/mol. The molecule has 0 bridgehead atoms. The summed E-state index contributed by atoms with van der Waals surface area (Å²) in [6.07, 6.45) is 6.14. The van der Waals surface area contributed by atoms with Crippen LogP contribution in [0.25, 0.3) is 0 Å². The molecule has 98 valence electrons. The first kappa shape index (κ1) is 12.9. The Labute approximate surface area is 108 Å². The highest BCUT2D eigenvalue weighted by Gasteiger charge is 2.18. The van der Waals surface area contributed by atoms with Gasteiger partial charge in [0.1, 0.15) is 0 Å². The maximum absolute atomic E-state index is 11.3. The highest BCUT2D eigenvalue weighted by Crippen LogP contribution is 2.27. The van der Waals surface area contributed by atoms with Crippen LogP contribution in [0.3, 0.4) is 0 Å². The molecule has 0 aromatic heterocycles. The Morgan fingerprint density at radius 3 is 2.33 bits per heavy atom. The summed E-state index contributed by atoms with van der Waals surface area (Å²) in [5.74, 6) is -0.823. The van der Waals surface area contributed by atoms with Crippen molar-refractivity contribution in [3.8, 4) is 0 Å². The fraction of sp³-hybridized carbons (Fsp3) is 0.533. The van der Waals surface area contributed by atoms with Gasteiger partial charge in [-0.25, -0.2) is 4.79 Å². The van der Waals surface area contributed by atoms with Crippen LogP contribution in [0.5, 0.6) is 0 Å². The lowest BCUT2D eigenvalue weighted by atomic mass is 10.0. The van der Waals surface area contributed by atoms with E-state index < -0.39 is 5.97 Å². The average Bonchev–Trinajstić information content (AvgIpc) is 2.29. The highest BCUT2D eigenvalue weighted by atomic mass is 16.4. The number of rotatable bonds is 2. The fourth-order valence-electron chi connectivity index (χ4n) is 2.72. The minimum absolute atomic E-state index is 0.440. The van der Waals surface area contributed by atoms with E-state index >= 15 is 0 Å². The SMILES string of the molecule is Cc1cccc(C(=O)O)c1N1CCCCCCC1. The van der Waals surface area contributed by atoms with E-state index in [1.165, 1.54) is 19.3 Å². The standard InChI is InChI=1S/C15H21NO2/c1-12-8-7-9-13(15(17)18)14(12)16-10-5-3-2-4-6-11-16/h7-9H,2-6,10-11H2,1H3,(H,17,18). The van der Waals surface area contributed by atoms with Gasteiger partial charge in [0.25, 0.3) is 0 Å². The van der Waals surface area contributed by atoms with Crippen LogP contribution in [0.15, 0.2) is 18.2 Å². The molecule has 0 radical (unpaired) electrons. The summed E-state index contributed by atoms with van der Waals surface area (Å²) >= 11 is 0. The molecule has 0 saturated carbocycles. The maximum atomic E-state index is 11.3. The van der Waals surface area contributed by atoms with E-state index in [1.54, 1.807) is 6.07 Å². The van der Waals surface area contributed by atoms with Crippen molar-refractivity contribution in [3.05, 3.63) is 29.3 Å². The molecule has 0 aliphatic carbocycles. The van der Waals surface area contributed by atoms with E-state index in [2.05, 4.69) is 4.90 Å². The lowest BCUT2D eigenvalue weighted by Gasteiger charge is -2.29. The van der Waals surface area contributed by atoms with Crippen LogP contribution < -0.4 is 4.90 Å². The Hall–Kier alpha value is -1.51. The third-order valence-corrected chi connectivity index (χ3v) is 3.64. The summed E-state index contributed by atoms with van der Waals surface area (Å²) in [5.41, 5.74) is 2.43. The average molecular weight is 247 g/mol. The molecule has 2 rings (SSSR count). The first-order chi connectivity index (χ1) is 8.70. The Balaban J connectivity index is 2.32. The van der Waals surface area contributed by atoms with Gasteiger partial charge in [0, 0.05) is 13.1 Å². The molecule has 0 amide bonds. The first-order valence-electron chi connectivity index (χ1n) is 6.78. The van der Waals surface area contributed by atoms with Crippen molar-refractivity contribution in [3.63, 3.8) is 0 Å². The number of benzene rings is 1. The number of nitrogens with zero attached hydrogens (tertiary/aromatic N) is 1. The summed E-state index contributed by atoms with van der Waals surface area (Å²) in [7, 11) is 0. The lowest BCUT2D eigenvalue weighted by molar-refractivity contribution is 0.0697. The Morgan fingerprint density at radius 1 is 1.11 bits per heavy atom. The van der Waals surface area contributed by atoms with Crippen molar-refractivity contribution in [2.45, 2.75) is 39.0 Å². The zero-order valence-electron chi connectivity index (χ0n) is 11.0. The highest BCUT2D eigenvalue weighted by molar-refractivity contribution is 5.95. The van der Waals surface area contributed by atoms with E-state index in [4.69, 9.17) is 0 Å². The summed E-state index contributed by atoms with van der Waals surface area (Å²) in [6.45, 7) is 3.96. The second-order valence-corrected chi connectivity index (χ2v) is 5.03. The molecule has 1 aromatic rings. The van der Waals surface area contributed by atoms with E-state index in [1.807, 2.05) is 19.1 Å². The first-order valence-corrected chi connectivity index (χ1v) is 6.78. The van der Waals surface area contributed by atoms with Crippen LogP contribution in [0, 0.1) is 6.92 Å². The van der Waals surface area contributed by atoms with Crippen LogP contribution in [0.4, 0.5) is 5.69 Å². The fourth-order valence-corrected chi connectivity index (χ4v) is 2.72. The van der Waals surface area contributed by atoms with Gasteiger partial charge in [-0.15, -0.1) is 0 Å². The second-order valence-electron chi connectivity index (χ2n) is 5.03. The van der Waals surface area contributed by atoms with Crippen LogP contribution >= 0.6 is 0 Å². The molecule has 1 fully saturated rings. The van der Waals surface area contributed by atoms with E-state index in [0.29, 0.717) is 5.56 Å².